The minimum Gasteiger partial charge on any atom is -0.481 e. The summed E-state index contributed by atoms with van der Waals surface area (Å²) in [6.45, 7) is 1.60. The van der Waals surface area contributed by atoms with Gasteiger partial charge in [-0.3, -0.25) is 14.4 Å². The molecular formula is C24H44N2O8. The van der Waals surface area contributed by atoms with Gasteiger partial charge in [0.15, 0.2) is 0 Å². The fourth-order valence-corrected chi connectivity index (χ4v) is 3.37. The number of unbranched alkanes of at least 4 members (excludes halogenated alkanes) is 9. The maximum atomic E-state index is 12.1. The van der Waals surface area contributed by atoms with E-state index in [9.17, 15) is 24.3 Å². The van der Waals surface area contributed by atoms with E-state index in [1.165, 1.54) is 0 Å². The predicted molar refractivity (Wildman–Crippen MR) is 128 cm³/mol. The van der Waals surface area contributed by atoms with Crippen LogP contribution in [0.25, 0.3) is 0 Å². The molecule has 0 radical (unpaired) electrons. The number of methoxy groups -OCH3 is 1. The third-order valence-corrected chi connectivity index (χ3v) is 5.34. The van der Waals surface area contributed by atoms with E-state index in [2.05, 4.69) is 10.6 Å². The van der Waals surface area contributed by atoms with Gasteiger partial charge in [0.2, 0.25) is 11.8 Å². The Labute approximate surface area is 203 Å². The van der Waals surface area contributed by atoms with E-state index in [4.69, 9.17) is 14.6 Å². The maximum Gasteiger partial charge on any atom is 0.326 e. The molecule has 1 atom stereocenters. The molecule has 0 aliphatic rings. The molecule has 0 aliphatic heterocycles. The van der Waals surface area contributed by atoms with Gasteiger partial charge in [0, 0.05) is 32.9 Å². The number of carboxylic acids is 2. The number of carboxylic acid groups (broad SMARTS) is 2. The van der Waals surface area contributed by atoms with Crippen LogP contribution in [0.3, 0.4) is 0 Å². The first kappa shape index (κ1) is 31.8. The van der Waals surface area contributed by atoms with Crippen LogP contribution < -0.4 is 10.6 Å². The van der Waals surface area contributed by atoms with Crippen molar-refractivity contribution >= 4 is 23.8 Å². The minimum absolute atomic E-state index is 0.00881. The van der Waals surface area contributed by atoms with Gasteiger partial charge < -0.3 is 30.3 Å². The fourth-order valence-electron chi connectivity index (χ4n) is 3.37. The largest absolute Gasteiger partial charge is 0.481 e. The summed E-state index contributed by atoms with van der Waals surface area (Å²) >= 11 is 0. The Morgan fingerprint density at radius 1 is 0.706 bits per heavy atom. The Morgan fingerprint density at radius 2 is 1.26 bits per heavy atom. The number of carbonyl (C=O) groups excluding carboxylic acids is 2. The standard InChI is InChI=1S/C24H44N2O8/c1-33-18-19-34-17-16-25-21(27)15-14-20(24(31)32)26-22(28)12-10-8-6-4-2-3-5-7-9-11-13-23(29)30/h20H,2-19H2,1H3,(H,25,27)(H,26,28)(H,29,30)(H,31,32)/t20-/m0/s1. The van der Waals surface area contributed by atoms with Gasteiger partial charge in [0.1, 0.15) is 6.04 Å². The second-order valence-electron chi connectivity index (χ2n) is 8.38. The van der Waals surface area contributed by atoms with Crippen LogP contribution in [-0.2, 0) is 28.7 Å². The molecule has 0 unspecified atom stereocenters. The van der Waals surface area contributed by atoms with Gasteiger partial charge in [-0.1, -0.05) is 51.4 Å². The van der Waals surface area contributed by atoms with E-state index in [0.29, 0.717) is 32.8 Å². The van der Waals surface area contributed by atoms with Crippen molar-refractivity contribution in [2.24, 2.45) is 0 Å². The van der Waals surface area contributed by atoms with Gasteiger partial charge >= 0.3 is 11.9 Å². The van der Waals surface area contributed by atoms with Gasteiger partial charge in [-0.2, -0.15) is 0 Å². The number of nitrogens with one attached hydrogen (secondary N) is 2. The number of rotatable bonds is 24. The summed E-state index contributed by atoms with van der Waals surface area (Å²) in [5.41, 5.74) is 0. The number of hydrogen-bond acceptors (Lipinski definition) is 6. The zero-order valence-corrected chi connectivity index (χ0v) is 20.6. The SMILES string of the molecule is COCCOCCNC(=O)CC[C@H](NC(=O)CCCCCCCCCCCCC(=O)O)C(=O)O. The highest BCUT2D eigenvalue weighted by molar-refractivity contribution is 5.84. The van der Waals surface area contributed by atoms with Crippen LogP contribution in [0, 0.1) is 0 Å². The van der Waals surface area contributed by atoms with E-state index in [0.717, 1.165) is 57.8 Å². The van der Waals surface area contributed by atoms with Crippen LogP contribution in [0.5, 0.6) is 0 Å². The molecule has 0 aromatic carbocycles. The van der Waals surface area contributed by atoms with Crippen LogP contribution in [0.15, 0.2) is 0 Å². The summed E-state index contributed by atoms with van der Waals surface area (Å²) < 4.78 is 10.1. The topological polar surface area (TPSA) is 151 Å². The summed E-state index contributed by atoms with van der Waals surface area (Å²) in [7, 11) is 1.57. The first-order chi connectivity index (χ1) is 16.4. The van der Waals surface area contributed by atoms with Crippen LogP contribution in [0.2, 0.25) is 0 Å². The van der Waals surface area contributed by atoms with E-state index in [1.54, 1.807) is 7.11 Å². The molecule has 0 rings (SSSR count). The molecule has 0 fully saturated rings. The van der Waals surface area contributed by atoms with E-state index in [-0.39, 0.29) is 37.5 Å². The Bertz CT molecular complexity index is 571. The van der Waals surface area contributed by atoms with Crippen molar-refractivity contribution in [1.82, 2.24) is 10.6 Å². The van der Waals surface area contributed by atoms with Crippen LogP contribution in [-0.4, -0.2) is 73.5 Å². The lowest BCUT2D eigenvalue weighted by Gasteiger charge is -2.14. The van der Waals surface area contributed by atoms with Crippen molar-refractivity contribution in [3.05, 3.63) is 0 Å². The van der Waals surface area contributed by atoms with Gasteiger partial charge in [0.25, 0.3) is 0 Å². The van der Waals surface area contributed by atoms with Crippen molar-refractivity contribution < 1.29 is 38.9 Å². The molecule has 0 spiro atoms. The smallest absolute Gasteiger partial charge is 0.326 e. The second-order valence-corrected chi connectivity index (χ2v) is 8.38. The Balaban J connectivity index is 3.73. The molecule has 4 N–H and O–H groups in total. The summed E-state index contributed by atoms with van der Waals surface area (Å²) in [4.78, 5) is 45.7. The van der Waals surface area contributed by atoms with Crippen LogP contribution in [0.1, 0.15) is 89.9 Å². The lowest BCUT2D eigenvalue weighted by molar-refractivity contribution is -0.142. The Kier molecular flexibility index (Phi) is 21.1. The number of carbonyl (C=O) groups is 4. The lowest BCUT2D eigenvalue weighted by Crippen LogP contribution is -2.41. The summed E-state index contributed by atoms with van der Waals surface area (Å²) in [5, 5.41) is 23.1. The molecule has 0 saturated carbocycles. The zero-order chi connectivity index (χ0) is 25.4. The van der Waals surface area contributed by atoms with Gasteiger partial charge in [-0.05, 0) is 19.3 Å². The van der Waals surface area contributed by atoms with Crippen LogP contribution in [0.4, 0.5) is 0 Å². The molecule has 0 aliphatic carbocycles. The van der Waals surface area contributed by atoms with Crippen molar-refractivity contribution in [3.8, 4) is 0 Å². The molecule has 0 aromatic rings. The fraction of sp³-hybridized carbons (Fsp3) is 0.833. The average Bonchev–Trinajstić information content (AvgIpc) is 2.79. The monoisotopic (exact) mass is 488 g/mol. The quantitative estimate of drug-likeness (QED) is 0.151. The number of aliphatic carboxylic acids is 2. The van der Waals surface area contributed by atoms with Gasteiger partial charge in [0.05, 0.1) is 19.8 Å². The lowest BCUT2D eigenvalue weighted by atomic mass is 10.0. The molecule has 34 heavy (non-hydrogen) atoms. The molecule has 10 heteroatoms. The molecule has 0 aromatic heterocycles. The summed E-state index contributed by atoms with van der Waals surface area (Å²) in [5.74, 6) is -2.46. The van der Waals surface area contributed by atoms with E-state index < -0.39 is 18.0 Å². The van der Waals surface area contributed by atoms with Crippen molar-refractivity contribution in [1.29, 1.82) is 0 Å². The molecule has 10 nitrogen and oxygen atoms in total. The molecule has 2 amide bonds. The first-order valence-corrected chi connectivity index (χ1v) is 12.4. The Hall–Kier alpha value is -2.20. The maximum absolute atomic E-state index is 12.1. The van der Waals surface area contributed by atoms with E-state index in [1.807, 2.05) is 0 Å². The summed E-state index contributed by atoms with van der Waals surface area (Å²) in [6, 6.07) is -1.08. The number of ether oxygens (including phenoxy) is 2. The average molecular weight is 489 g/mol. The second kappa shape index (κ2) is 22.6. The van der Waals surface area contributed by atoms with Gasteiger partial charge in [-0.15, -0.1) is 0 Å². The molecule has 0 saturated heterocycles. The van der Waals surface area contributed by atoms with Crippen molar-refractivity contribution in [2.75, 3.05) is 33.5 Å². The highest BCUT2D eigenvalue weighted by Gasteiger charge is 2.20. The van der Waals surface area contributed by atoms with Crippen molar-refractivity contribution in [2.45, 2.75) is 95.9 Å². The molecule has 0 bridgehead atoms. The normalized spacial score (nSPS) is 11.7. The van der Waals surface area contributed by atoms with Crippen LogP contribution >= 0.6 is 0 Å². The molecule has 198 valence electrons. The highest BCUT2D eigenvalue weighted by atomic mass is 16.5. The first-order valence-electron chi connectivity index (χ1n) is 12.4. The highest BCUT2D eigenvalue weighted by Crippen LogP contribution is 2.12. The third kappa shape index (κ3) is 21.6. The Morgan fingerprint density at radius 3 is 1.79 bits per heavy atom. The zero-order valence-electron chi connectivity index (χ0n) is 20.6. The van der Waals surface area contributed by atoms with Crippen molar-refractivity contribution in [3.63, 3.8) is 0 Å². The molecular weight excluding hydrogens is 444 g/mol. The minimum atomic E-state index is -1.15. The third-order valence-electron chi connectivity index (χ3n) is 5.34. The van der Waals surface area contributed by atoms with Gasteiger partial charge in [-0.25, -0.2) is 4.79 Å². The van der Waals surface area contributed by atoms with E-state index >= 15 is 0 Å². The number of hydrogen-bond donors (Lipinski definition) is 4. The summed E-state index contributed by atoms with van der Waals surface area (Å²) in [6.07, 6.45) is 10.5. The molecule has 0 heterocycles. The number of amides is 2. The predicted octanol–water partition coefficient (Wildman–Crippen LogP) is 2.88.